The van der Waals surface area contributed by atoms with Crippen LogP contribution in [0.3, 0.4) is 0 Å². The number of nitrogens with one attached hydrogen (secondary N) is 2. The molecule has 1 aliphatic heterocycles. The number of carbonyl (C=O) groups excluding carboxylic acids is 2. The zero-order valence-corrected chi connectivity index (χ0v) is 11.6. The van der Waals surface area contributed by atoms with Gasteiger partial charge in [-0.25, -0.2) is 9.78 Å². The summed E-state index contributed by atoms with van der Waals surface area (Å²) in [5.74, 6) is -0.950. The van der Waals surface area contributed by atoms with Crippen molar-refractivity contribution in [2.45, 2.75) is 19.0 Å². The van der Waals surface area contributed by atoms with E-state index >= 15 is 0 Å². The molecule has 3 N–H and O–H groups in total. The summed E-state index contributed by atoms with van der Waals surface area (Å²) in [6, 6.07) is -1.38. The fourth-order valence-electron chi connectivity index (χ4n) is 2.21. The van der Waals surface area contributed by atoms with Crippen molar-refractivity contribution in [1.82, 2.24) is 25.1 Å². The molecular weight excluding hydrogens is 278 g/mol. The molecule has 3 amide bonds. The summed E-state index contributed by atoms with van der Waals surface area (Å²) in [6.45, 7) is 0.851. The molecule has 0 aromatic carbocycles. The molecule has 21 heavy (non-hydrogen) atoms. The van der Waals surface area contributed by atoms with E-state index in [1.807, 2.05) is 0 Å². The largest absolute Gasteiger partial charge is 0.481 e. The van der Waals surface area contributed by atoms with Crippen LogP contribution in [-0.4, -0.2) is 69.0 Å². The van der Waals surface area contributed by atoms with Gasteiger partial charge >= 0.3 is 12.0 Å². The second-order valence-corrected chi connectivity index (χ2v) is 4.77. The van der Waals surface area contributed by atoms with Crippen LogP contribution in [0.15, 0.2) is 12.4 Å². The molecule has 0 aliphatic carbocycles. The lowest BCUT2D eigenvalue weighted by atomic mass is 10.1. The normalized spacial score (nSPS) is 18.2. The first kappa shape index (κ1) is 14.8. The van der Waals surface area contributed by atoms with Crippen LogP contribution >= 0.6 is 0 Å². The molecule has 0 saturated carbocycles. The monoisotopic (exact) mass is 295 g/mol. The van der Waals surface area contributed by atoms with Crippen molar-refractivity contribution in [3.05, 3.63) is 18.2 Å². The van der Waals surface area contributed by atoms with E-state index in [9.17, 15) is 14.4 Å². The summed E-state index contributed by atoms with van der Waals surface area (Å²) in [5.41, 5.74) is 0. The number of hydrogen-bond acceptors (Lipinski definition) is 4. The van der Waals surface area contributed by atoms with Crippen LogP contribution in [0.25, 0.3) is 0 Å². The molecule has 2 rings (SSSR count). The van der Waals surface area contributed by atoms with Gasteiger partial charge in [0.05, 0.1) is 13.0 Å². The number of aromatic nitrogens is 2. The van der Waals surface area contributed by atoms with Crippen LogP contribution in [0.4, 0.5) is 4.79 Å². The molecule has 1 aliphatic rings. The molecule has 1 atom stereocenters. The van der Waals surface area contributed by atoms with Gasteiger partial charge in [0.25, 0.3) is 0 Å². The van der Waals surface area contributed by atoms with Gasteiger partial charge in [0.1, 0.15) is 11.9 Å². The van der Waals surface area contributed by atoms with E-state index in [2.05, 4.69) is 15.3 Å². The van der Waals surface area contributed by atoms with Gasteiger partial charge in [-0.2, -0.15) is 0 Å². The maximum Gasteiger partial charge on any atom is 0.320 e. The highest BCUT2D eigenvalue weighted by Gasteiger charge is 2.36. The van der Waals surface area contributed by atoms with Crippen molar-refractivity contribution in [1.29, 1.82) is 0 Å². The van der Waals surface area contributed by atoms with E-state index in [1.54, 1.807) is 19.4 Å². The minimum atomic E-state index is -1.12. The predicted molar refractivity (Wildman–Crippen MR) is 71.2 cm³/mol. The van der Waals surface area contributed by atoms with Gasteiger partial charge in [-0.05, 0) is 0 Å². The molecule has 1 unspecified atom stereocenters. The quantitative estimate of drug-likeness (QED) is 0.674. The number of hydrogen-bond donors (Lipinski definition) is 3. The number of carboxylic acid groups (broad SMARTS) is 1. The third-order valence-electron chi connectivity index (χ3n) is 3.21. The lowest BCUT2D eigenvalue weighted by Crippen LogP contribution is -2.60. The molecule has 9 heteroatoms. The minimum Gasteiger partial charge on any atom is -0.481 e. The number of carbonyl (C=O) groups is 3. The number of carboxylic acids is 1. The molecule has 1 saturated heterocycles. The number of piperazine rings is 1. The summed E-state index contributed by atoms with van der Waals surface area (Å²) in [6.07, 6.45) is 2.82. The van der Waals surface area contributed by atoms with E-state index < -0.39 is 30.4 Å². The first-order chi connectivity index (χ1) is 9.99. The number of H-pyrrole nitrogens is 1. The number of aliphatic carboxylic acids is 1. The second-order valence-electron chi connectivity index (χ2n) is 4.77. The fourth-order valence-corrected chi connectivity index (χ4v) is 2.21. The topological polar surface area (TPSA) is 119 Å². The molecular formula is C12H17N5O4. The van der Waals surface area contributed by atoms with Crippen LogP contribution in [0.2, 0.25) is 0 Å². The molecule has 1 aromatic heterocycles. The summed E-state index contributed by atoms with van der Waals surface area (Å²) in [4.78, 5) is 44.6. The summed E-state index contributed by atoms with van der Waals surface area (Å²) in [5, 5.41) is 11.5. The Labute approximate surface area is 120 Å². The lowest BCUT2D eigenvalue weighted by Gasteiger charge is -2.36. The number of urea groups is 1. The molecule has 9 nitrogen and oxygen atoms in total. The van der Waals surface area contributed by atoms with Crippen molar-refractivity contribution in [2.24, 2.45) is 0 Å². The van der Waals surface area contributed by atoms with Crippen molar-refractivity contribution in [2.75, 3.05) is 20.1 Å². The van der Waals surface area contributed by atoms with E-state index in [4.69, 9.17) is 5.11 Å². The van der Waals surface area contributed by atoms with Gasteiger partial charge in [-0.1, -0.05) is 0 Å². The maximum atomic E-state index is 12.4. The van der Waals surface area contributed by atoms with Gasteiger partial charge < -0.3 is 25.2 Å². The van der Waals surface area contributed by atoms with E-state index in [0.29, 0.717) is 12.4 Å². The smallest absolute Gasteiger partial charge is 0.320 e. The first-order valence-electron chi connectivity index (χ1n) is 6.48. The number of aromatic amines is 1. The Kier molecular flexibility index (Phi) is 4.41. The molecule has 114 valence electrons. The molecule has 2 heterocycles. The molecule has 0 spiro atoms. The molecule has 0 bridgehead atoms. The zero-order chi connectivity index (χ0) is 15.4. The average Bonchev–Trinajstić information content (AvgIpc) is 2.92. The second kappa shape index (κ2) is 6.25. The third-order valence-corrected chi connectivity index (χ3v) is 3.21. The van der Waals surface area contributed by atoms with Gasteiger partial charge in [0, 0.05) is 32.5 Å². The number of amides is 3. The van der Waals surface area contributed by atoms with Crippen LogP contribution in [0, 0.1) is 0 Å². The highest BCUT2D eigenvalue weighted by Crippen LogP contribution is 2.12. The Balaban J connectivity index is 2.07. The minimum absolute atomic E-state index is 0.254. The van der Waals surface area contributed by atoms with E-state index in [-0.39, 0.29) is 13.1 Å². The lowest BCUT2D eigenvalue weighted by molar-refractivity contribution is -0.142. The van der Waals surface area contributed by atoms with Gasteiger partial charge in [0.2, 0.25) is 5.91 Å². The zero-order valence-electron chi connectivity index (χ0n) is 11.6. The summed E-state index contributed by atoms with van der Waals surface area (Å²) >= 11 is 0. The Bertz CT molecular complexity index is 530. The standard InChI is InChI=1S/C12H17N5O4/c1-16(7-9-13-2-3-14-9)12(21)17-5-4-15-11(20)8(17)6-10(18)19/h2-3,8H,4-7H2,1H3,(H,13,14)(H,15,20)(H,18,19). The van der Waals surface area contributed by atoms with Crippen molar-refractivity contribution >= 4 is 17.9 Å². The van der Waals surface area contributed by atoms with Crippen LogP contribution in [0.1, 0.15) is 12.2 Å². The highest BCUT2D eigenvalue weighted by molar-refractivity contribution is 5.91. The van der Waals surface area contributed by atoms with E-state index in [1.165, 1.54) is 9.80 Å². The van der Waals surface area contributed by atoms with Crippen molar-refractivity contribution in [3.63, 3.8) is 0 Å². The Morgan fingerprint density at radius 1 is 1.57 bits per heavy atom. The van der Waals surface area contributed by atoms with Gasteiger partial charge in [-0.15, -0.1) is 0 Å². The average molecular weight is 295 g/mol. The summed E-state index contributed by atoms with van der Waals surface area (Å²) < 4.78 is 0. The van der Waals surface area contributed by atoms with Crippen molar-refractivity contribution in [3.8, 4) is 0 Å². The van der Waals surface area contributed by atoms with Crippen LogP contribution in [-0.2, 0) is 16.1 Å². The Hall–Kier alpha value is -2.58. The van der Waals surface area contributed by atoms with Crippen LogP contribution in [0.5, 0.6) is 0 Å². The summed E-state index contributed by atoms with van der Waals surface area (Å²) in [7, 11) is 1.58. The number of nitrogens with zero attached hydrogens (tertiary/aromatic N) is 3. The predicted octanol–water partition coefficient (Wildman–Crippen LogP) is -0.763. The molecule has 1 fully saturated rings. The van der Waals surface area contributed by atoms with Gasteiger partial charge in [-0.3, -0.25) is 9.59 Å². The maximum absolute atomic E-state index is 12.4. The molecule has 0 radical (unpaired) electrons. The number of rotatable bonds is 4. The Morgan fingerprint density at radius 3 is 2.95 bits per heavy atom. The van der Waals surface area contributed by atoms with Crippen LogP contribution < -0.4 is 5.32 Å². The SMILES string of the molecule is CN(Cc1ncc[nH]1)C(=O)N1CCNC(=O)C1CC(=O)O. The third kappa shape index (κ3) is 3.50. The first-order valence-corrected chi connectivity index (χ1v) is 6.48. The van der Waals surface area contributed by atoms with E-state index in [0.717, 1.165) is 0 Å². The fraction of sp³-hybridized carbons (Fsp3) is 0.500. The Morgan fingerprint density at radius 2 is 2.33 bits per heavy atom. The highest BCUT2D eigenvalue weighted by atomic mass is 16.4. The van der Waals surface area contributed by atoms with Crippen molar-refractivity contribution < 1.29 is 19.5 Å². The van der Waals surface area contributed by atoms with Gasteiger partial charge in [0.15, 0.2) is 0 Å². The molecule has 1 aromatic rings. The number of imidazole rings is 1.